The molecule has 0 amide bonds. The Morgan fingerprint density at radius 1 is 1.42 bits per heavy atom. The quantitative estimate of drug-likeness (QED) is 0.775. The number of anilines is 1. The molecule has 1 nitrogen and oxygen atoms in total. The Morgan fingerprint density at radius 3 is 2.75 bits per heavy atom. The maximum Gasteiger partial charge on any atom is 0.147 e. The van der Waals surface area contributed by atoms with Gasteiger partial charge in [-0.3, -0.25) is 0 Å². The third kappa shape index (κ3) is 2.08. The van der Waals surface area contributed by atoms with Crippen LogP contribution in [0, 0.1) is 5.82 Å². The number of hydrogen-bond donors (Lipinski definition) is 1. The SMILES string of the molecule is FCCNc1c(F)cccc1Cl. The van der Waals surface area contributed by atoms with Crippen LogP contribution in [0.2, 0.25) is 5.02 Å². The summed E-state index contributed by atoms with van der Waals surface area (Å²) in [6, 6.07) is 4.32. The highest BCUT2D eigenvalue weighted by Crippen LogP contribution is 2.23. The number of rotatable bonds is 3. The second-order valence-electron chi connectivity index (χ2n) is 2.21. The number of hydrogen-bond acceptors (Lipinski definition) is 1. The largest absolute Gasteiger partial charge is 0.379 e. The standard InChI is InChI=1S/C8H8ClF2N/c9-6-2-1-3-7(11)8(6)12-5-4-10/h1-3,12H,4-5H2. The smallest absolute Gasteiger partial charge is 0.147 e. The van der Waals surface area contributed by atoms with Crippen LogP contribution in [-0.2, 0) is 0 Å². The summed E-state index contributed by atoms with van der Waals surface area (Å²) in [4.78, 5) is 0. The van der Waals surface area contributed by atoms with E-state index in [2.05, 4.69) is 5.32 Å². The van der Waals surface area contributed by atoms with E-state index in [0.717, 1.165) is 0 Å². The molecule has 12 heavy (non-hydrogen) atoms. The van der Waals surface area contributed by atoms with Crippen LogP contribution in [0.5, 0.6) is 0 Å². The van der Waals surface area contributed by atoms with Gasteiger partial charge in [0.2, 0.25) is 0 Å². The molecule has 0 saturated carbocycles. The molecule has 0 aliphatic rings. The highest BCUT2D eigenvalue weighted by atomic mass is 35.5. The molecule has 0 aliphatic heterocycles. The van der Waals surface area contributed by atoms with E-state index in [1.54, 1.807) is 6.07 Å². The Kier molecular flexibility index (Phi) is 3.29. The van der Waals surface area contributed by atoms with Gasteiger partial charge in [-0.25, -0.2) is 8.78 Å². The average Bonchev–Trinajstić information content (AvgIpc) is 2.04. The molecule has 4 heteroatoms. The van der Waals surface area contributed by atoms with Gasteiger partial charge in [-0.05, 0) is 12.1 Å². The Bertz CT molecular complexity index is 245. The van der Waals surface area contributed by atoms with Gasteiger partial charge >= 0.3 is 0 Å². The van der Waals surface area contributed by atoms with Crippen molar-refractivity contribution in [1.82, 2.24) is 0 Å². The second-order valence-corrected chi connectivity index (χ2v) is 2.62. The minimum absolute atomic E-state index is 0.0701. The Hall–Kier alpha value is -0.830. The molecular formula is C8H8ClF2N. The van der Waals surface area contributed by atoms with Crippen molar-refractivity contribution >= 4 is 17.3 Å². The average molecular weight is 192 g/mol. The van der Waals surface area contributed by atoms with Crippen molar-refractivity contribution in [2.45, 2.75) is 0 Å². The van der Waals surface area contributed by atoms with Gasteiger partial charge in [-0.2, -0.15) is 0 Å². The van der Waals surface area contributed by atoms with Crippen molar-refractivity contribution in [3.63, 3.8) is 0 Å². The predicted octanol–water partition coefficient (Wildman–Crippen LogP) is 2.86. The Morgan fingerprint density at radius 2 is 2.17 bits per heavy atom. The fraction of sp³-hybridized carbons (Fsp3) is 0.250. The molecule has 0 bridgehead atoms. The first-order valence-corrected chi connectivity index (χ1v) is 3.87. The molecule has 0 saturated heterocycles. The number of alkyl halides is 1. The van der Waals surface area contributed by atoms with Crippen LogP contribution in [0.1, 0.15) is 0 Å². The molecule has 0 unspecified atom stereocenters. The van der Waals surface area contributed by atoms with Crippen molar-refractivity contribution in [3.8, 4) is 0 Å². The zero-order chi connectivity index (χ0) is 8.97. The lowest BCUT2D eigenvalue weighted by molar-refractivity contribution is 0.511. The molecule has 0 fully saturated rings. The monoisotopic (exact) mass is 191 g/mol. The maximum atomic E-state index is 12.9. The number of benzene rings is 1. The zero-order valence-electron chi connectivity index (χ0n) is 6.28. The molecule has 1 N–H and O–H groups in total. The first-order chi connectivity index (χ1) is 5.75. The predicted molar refractivity (Wildman–Crippen MR) is 45.9 cm³/mol. The highest BCUT2D eigenvalue weighted by Gasteiger charge is 2.04. The van der Waals surface area contributed by atoms with Crippen LogP contribution >= 0.6 is 11.6 Å². The van der Waals surface area contributed by atoms with Crippen LogP contribution in [-0.4, -0.2) is 13.2 Å². The molecule has 66 valence electrons. The normalized spacial score (nSPS) is 9.92. The first-order valence-electron chi connectivity index (χ1n) is 3.49. The summed E-state index contributed by atoms with van der Waals surface area (Å²) in [6.07, 6.45) is 0. The molecule has 1 rings (SSSR count). The number of nitrogens with one attached hydrogen (secondary N) is 1. The minimum atomic E-state index is -0.551. The van der Waals surface area contributed by atoms with E-state index in [-0.39, 0.29) is 17.3 Å². The Labute approximate surface area is 74.3 Å². The van der Waals surface area contributed by atoms with E-state index >= 15 is 0 Å². The van der Waals surface area contributed by atoms with Crippen LogP contribution in [0.4, 0.5) is 14.5 Å². The summed E-state index contributed by atoms with van der Waals surface area (Å²) in [7, 11) is 0. The van der Waals surface area contributed by atoms with Crippen molar-refractivity contribution in [1.29, 1.82) is 0 Å². The van der Waals surface area contributed by atoms with E-state index < -0.39 is 12.5 Å². The molecular weight excluding hydrogens is 184 g/mol. The summed E-state index contributed by atoms with van der Waals surface area (Å²) in [5.74, 6) is -0.462. The summed E-state index contributed by atoms with van der Waals surface area (Å²) in [5.41, 5.74) is 0.164. The highest BCUT2D eigenvalue weighted by molar-refractivity contribution is 6.33. The Balaban J connectivity index is 2.81. The van der Waals surface area contributed by atoms with Gasteiger partial charge in [0.15, 0.2) is 0 Å². The molecule has 0 heterocycles. The summed E-state index contributed by atoms with van der Waals surface area (Å²) in [5, 5.41) is 2.82. The van der Waals surface area contributed by atoms with Gasteiger partial charge in [0.05, 0.1) is 10.7 Å². The number of halogens is 3. The lowest BCUT2D eigenvalue weighted by Crippen LogP contribution is -2.05. The van der Waals surface area contributed by atoms with E-state index in [1.165, 1.54) is 12.1 Å². The molecule has 1 aromatic rings. The molecule has 0 aromatic heterocycles. The van der Waals surface area contributed by atoms with Crippen molar-refractivity contribution in [3.05, 3.63) is 29.0 Å². The molecule has 0 atom stereocenters. The maximum absolute atomic E-state index is 12.9. The third-order valence-corrected chi connectivity index (χ3v) is 1.67. The number of para-hydroxylation sites is 1. The molecule has 0 radical (unpaired) electrons. The lowest BCUT2D eigenvalue weighted by atomic mass is 10.3. The van der Waals surface area contributed by atoms with E-state index in [0.29, 0.717) is 0 Å². The fourth-order valence-corrected chi connectivity index (χ4v) is 1.07. The third-order valence-electron chi connectivity index (χ3n) is 1.36. The van der Waals surface area contributed by atoms with Crippen molar-refractivity contribution in [2.24, 2.45) is 0 Å². The van der Waals surface area contributed by atoms with Crippen molar-refractivity contribution in [2.75, 3.05) is 18.5 Å². The van der Waals surface area contributed by atoms with Gasteiger partial charge in [-0.1, -0.05) is 17.7 Å². The van der Waals surface area contributed by atoms with E-state index in [9.17, 15) is 8.78 Å². The minimum Gasteiger partial charge on any atom is -0.379 e. The first kappa shape index (κ1) is 9.26. The van der Waals surface area contributed by atoms with Gasteiger partial charge in [0, 0.05) is 6.54 Å². The van der Waals surface area contributed by atoms with Crippen LogP contribution in [0.15, 0.2) is 18.2 Å². The van der Waals surface area contributed by atoms with E-state index in [1.807, 2.05) is 0 Å². The molecule has 0 aliphatic carbocycles. The van der Waals surface area contributed by atoms with Gasteiger partial charge in [0.1, 0.15) is 12.5 Å². The van der Waals surface area contributed by atoms with E-state index in [4.69, 9.17) is 11.6 Å². The zero-order valence-corrected chi connectivity index (χ0v) is 7.04. The fourth-order valence-electron chi connectivity index (χ4n) is 0.839. The van der Waals surface area contributed by atoms with Crippen LogP contribution < -0.4 is 5.32 Å². The second kappa shape index (κ2) is 4.26. The van der Waals surface area contributed by atoms with Crippen LogP contribution in [0.25, 0.3) is 0 Å². The summed E-state index contributed by atoms with van der Waals surface area (Å²) < 4.78 is 24.6. The van der Waals surface area contributed by atoms with Gasteiger partial charge < -0.3 is 5.32 Å². The molecule has 1 aromatic carbocycles. The summed E-state index contributed by atoms with van der Waals surface area (Å²) in [6.45, 7) is -0.481. The molecule has 0 spiro atoms. The summed E-state index contributed by atoms with van der Waals surface area (Å²) >= 11 is 5.64. The van der Waals surface area contributed by atoms with Crippen molar-refractivity contribution < 1.29 is 8.78 Å². The van der Waals surface area contributed by atoms with Crippen LogP contribution in [0.3, 0.4) is 0 Å². The topological polar surface area (TPSA) is 12.0 Å². The lowest BCUT2D eigenvalue weighted by Gasteiger charge is -2.06. The van der Waals surface area contributed by atoms with Gasteiger partial charge in [-0.15, -0.1) is 0 Å². The van der Waals surface area contributed by atoms with Gasteiger partial charge in [0.25, 0.3) is 0 Å².